The van der Waals surface area contributed by atoms with Crippen LogP contribution in [0.15, 0.2) is 12.2 Å². The first-order chi connectivity index (χ1) is 5.29. The number of ether oxygens (including phenoxy) is 1. The molecule has 0 amide bonds. The van der Waals surface area contributed by atoms with Gasteiger partial charge >= 0.3 is 75.0 Å². The Kier molecular flexibility index (Phi) is 2.01. The van der Waals surface area contributed by atoms with Gasteiger partial charge in [-0.25, -0.2) is 0 Å². The maximum absolute atomic E-state index is 5.64. The summed E-state index contributed by atoms with van der Waals surface area (Å²) in [6.45, 7) is 4.03. The minimum atomic E-state index is 0.451. The predicted molar refractivity (Wildman–Crippen MR) is 41.0 cm³/mol. The van der Waals surface area contributed by atoms with Gasteiger partial charge in [0, 0.05) is 0 Å². The zero-order valence-electron chi connectivity index (χ0n) is 6.51. The molecule has 1 saturated carbocycles. The molecule has 0 bridgehead atoms. The molecule has 2 heteroatoms. The predicted octanol–water partition coefficient (Wildman–Crippen LogP) is 1.81. The van der Waals surface area contributed by atoms with E-state index in [1.165, 1.54) is 31.3 Å². The van der Waals surface area contributed by atoms with Crippen LogP contribution in [0.1, 0.15) is 25.7 Å². The molecule has 60 valence electrons. The van der Waals surface area contributed by atoms with Crippen molar-refractivity contribution in [3.05, 3.63) is 12.2 Å². The van der Waals surface area contributed by atoms with Crippen LogP contribution in [-0.2, 0) is 20.6 Å². The average molecular weight is 188 g/mol. The van der Waals surface area contributed by atoms with Crippen molar-refractivity contribution in [2.75, 3.05) is 0 Å². The molecule has 0 aromatic rings. The van der Waals surface area contributed by atoms with Crippen LogP contribution in [0, 0.1) is 5.92 Å². The molecule has 0 N–H and O–H groups in total. The fourth-order valence-corrected chi connectivity index (χ4v) is 2.43. The summed E-state index contributed by atoms with van der Waals surface area (Å²) in [7, 11) is 0. The summed E-state index contributed by atoms with van der Waals surface area (Å²) in [6.07, 6.45) is 5.61. The second-order valence-electron chi connectivity index (χ2n) is 3.36. The quantitative estimate of drug-likeness (QED) is 0.563. The van der Waals surface area contributed by atoms with Gasteiger partial charge < -0.3 is 0 Å². The van der Waals surface area contributed by atoms with Crippen molar-refractivity contribution in [1.29, 1.82) is 0 Å². The standard InChI is InChI=1S/C9H12O.Cr/c1-7-6-10-9-5-3-2-4-8(7)9;/h8-9H,1-5H2;/t8-,9+;/m0./s1. The van der Waals surface area contributed by atoms with Crippen LogP contribution in [0.2, 0.25) is 0 Å². The summed E-state index contributed by atoms with van der Waals surface area (Å²) < 4.78 is 6.60. The zero-order chi connectivity index (χ0) is 7.84. The SMILES string of the molecule is C=C1[C](=[Cr])O[C@@H]2CCCC[C@@H]12. The normalized spacial score (nSPS) is 37.5. The van der Waals surface area contributed by atoms with E-state index in [0.717, 1.165) is 4.57 Å². The van der Waals surface area contributed by atoms with Gasteiger partial charge in [0.05, 0.1) is 0 Å². The van der Waals surface area contributed by atoms with Crippen LogP contribution in [0.5, 0.6) is 0 Å². The molecular weight excluding hydrogens is 176 g/mol. The van der Waals surface area contributed by atoms with Gasteiger partial charge in [0.1, 0.15) is 0 Å². The van der Waals surface area contributed by atoms with Crippen molar-refractivity contribution in [2.24, 2.45) is 5.92 Å². The van der Waals surface area contributed by atoms with Crippen molar-refractivity contribution in [1.82, 2.24) is 0 Å². The van der Waals surface area contributed by atoms with Crippen LogP contribution in [-0.4, -0.2) is 10.7 Å². The Morgan fingerprint density at radius 2 is 2.09 bits per heavy atom. The van der Waals surface area contributed by atoms with E-state index in [-0.39, 0.29) is 0 Å². The van der Waals surface area contributed by atoms with Crippen LogP contribution in [0.25, 0.3) is 0 Å². The van der Waals surface area contributed by atoms with Gasteiger partial charge in [0.15, 0.2) is 0 Å². The monoisotopic (exact) mass is 188 g/mol. The number of hydrogen-bond acceptors (Lipinski definition) is 1. The molecule has 11 heavy (non-hydrogen) atoms. The molecule has 1 aliphatic heterocycles. The molecule has 0 radical (unpaired) electrons. The van der Waals surface area contributed by atoms with Gasteiger partial charge in [0.25, 0.3) is 0 Å². The molecule has 1 nitrogen and oxygen atoms in total. The Hall–Kier alpha value is 0.102. The Labute approximate surface area is 75.4 Å². The minimum absolute atomic E-state index is 0.451. The second kappa shape index (κ2) is 2.86. The van der Waals surface area contributed by atoms with E-state index in [4.69, 9.17) is 4.74 Å². The molecule has 1 heterocycles. The summed E-state index contributed by atoms with van der Waals surface area (Å²) in [5, 5.41) is 0. The molecule has 2 atom stereocenters. The third kappa shape index (κ3) is 1.24. The molecule has 2 aliphatic rings. The van der Waals surface area contributed by atoms with Crippen molar-refractivity contribution in [2.45, 2.75) is 31.8 Å². The molecule has 2 fully saturated rings. The number of fused-ring (bicyclic) bond motifs is 1. The van der Waals surface area contributed by atoms with E-state index in [1.807, 2.05) is 0 Å². The van der Waals surface area contributed by atoms with Crippen LogP contribution in [0.4, 0.5) is 0 Å². The molecule has 0 unspecified atom stereocenters. The molecule has 1 aliphatic carbocycles. The van der Waals surface area contributed by atoms with Crippen LogP contribution >= 0.6 is 0 Å². The van der Waals surface area contributed by atoms with E-state index in [1.54, 1.807) is 0 Å². The first kappa shape index (κ1) is 7.74. The molecule has 1 saturated heterocycles. The van der Waals surface area contributed by atoms with E-state index < -0.39 is 0 Å². The summed E-state index contributed by atoms with van der Waals surface area (Å²) >= 11 is 2.94. The molecule has 0 spiro atoms. The summed E-state index contributed by atoms with van der Waals surface area (Å²) in [4.78, 5) is 0. The third-order valence-electron chi connectivity index (χ3n) is 2.67. The van der Waals surface area contributed by atoms with Crippen molar-refractivity contribution in [3.63, 3.8) is 0 Å². The Balaban J connectivity index is 2.18. The van der Waals surface area contributed by atoms with Crippen molar-refractivity contribution >= 4 is 4.57 Å². The number of hydrogen-bond donors (Lipinski definition) is 0. The van der Waals surface area contributed by atoms with E-state index in [0.29, 0.717) is 12.0 Å². The maximum atomic E-state index is 5.64. The van der Waals surface area contributed by atoms with E-state index >= 15 is 0 Å². The first-order valence-electron chi connectivity index (χ1n) is 4.19. The third-order valence-corrected chi connectivity index (χ3v) is 3.23. The zero-order valence-corrected chi connectivity index (χ0v) is 7.78. The van der Waals surface area contributed by atoms with Gasteiger partial charge in [-0.2, -0.15) is 0 Å². The van der Waals surface area contributed by atoms with Crippen LogP contribution < -0.4 is 0 Å². The Morgan fingerprint density at radius 1 is 1.36 bits per heavy atom. The Bertz CT molecular complexity index is 210. The van der Waals surface area contributed by atoms with Crippen molar-refractivity contribution in [3.8, 4) is 0 Å². The molecule has 0 aromatic heterocycles. The first-order valence-corrected chi connectivity index (χ1v) is 4.82. The fourth-order valence-electron chi connectivity index (χ4n) is 2.00. The number of rotatable bonds is 0. The Morgan fingerprint density at radius 3 is 2.82 bits per heavy atom. The molecular formula is C9H12CrO. The van der Waals surface area contributed by atoms with E-state index in [2.05, 4.69) is 22.4 Å². The average Bonchev–Trinajstić information content (AvgIpc) is 2.30. The topological polar surface area (TPSA) is 9.23 Å². The van der Waals surface area contributed by atoms with Crippen LogP contribution in [0.3, 0.4) is 0 Å². The van der Waals surface area contributed by atoms with Gasteiger partial charge in [-0.1, -0.05) is 0 Å². The fraction of sp³-hybridized carbons (Fsp3) is 0.667. The van der Waals surface area contributed by atoms with Gasteiger partial charge in [-0.15, -0.1) is 0 Å². The second-order valence-corrected chi connectivity index (χ2v) is 3.94. The molecule has 0 aromatic carbocycles. The van der Waals surface area contributed by atoms with Gasteiger partial charge in [0.2, 0.25) is 0 Å². The summed E-state index contributed by atoms with van der Waals surface area (Å²) in [6, 6.07) is 0. The molecule has 2 rings (SSSR count). The van der Waals surface area contributed by atoms with Crippen molar-refractivity contribution < 1.29 is 20.6 Å². The van der Waals surface area contributed by atoms with Gasteiger partial charge in [-0.05, 0) is 0 Å². The summed E-state index contributed by atoms with van der Waals surface area (Å²) in [5.41, 5.74) is 1.20. The summed E-state index contributed by atoms with van der Waals surface area (Å²) in [5.74, 6) is 0.625. The van der Waals surface area contributed by atoms with Gasteiger partial charge in [-0.3, -0.25) is 0 Å². The van der Waals surface area contributed by atoms with E-state index in [9.17, 15) is 0 Å².